The molecule has 3 N–H and O–H groups in total. The Morgan fingerprint density at radius 3 is 1.64 bits per heavy atom. The molecule has 0 aromatic heterocycles. The number of phosphoric acid groups is 1. The summed E-state index contributed by atoms with van der Waals surface area (Å²) >= 11 is 0. The Hall–Kier alpha value is -3.33. The van der Waals surface area contributed by atoms with Crippen LogP contribution in [0, 0.1) is 0 Å². The first kappa shape index (κ1) is 51.7. The van der Waals surface area contributed by atoms with E-state index in [0.717, 1.165) is 89.9 Å². The van der Waals surface area contributed by atoms with Crippen molar-refractivity contribution >= 4 is 19.8 Å². The average Bonchev–Trinajstić information content (AvgIpc) is 3.17. The lowest BCUT2D eigenvalue weighted by molar-refractivity contribution is -0.161. The molecule has 0 rings (SSSR count). The van der Waals surface area contributed by atoms with Gasteiger partial charge >= 0.3 is 19.8 Å². The van der Waals surface area contributed by atoms with Crippen LogP contribution in [0.15, 0.2) is 109 Å². The molecule has 0 aromatic carbocycles. The number of carbonyl (C=O) groups excluding carboxylic acids is 2. The summed E-state index contributed by atoms with van der Waals surface area (Å²) in [5, 5.41) is 0. The molecule has 0 radical (unpaired) electrons. The predicted molar refractivity (Wildman–Crippen MR) is 228 cm³/mol. The van der Waals surface area contributed by atoms with Crippen LogP contribution in [-0.2, 0) is 32.7 Å². The Balaban J connectivity index is 4.33. The number of nitrogens with two attached hydrogens (primary N) is 1. The van der Waals surface area contributed by atoms with E-state index in [1.54, 1.807) is 0 Å². The van der Waals surface area contributed by atoms with Gasteiger partial charge in [-0.05, 0) is 77.0 Å². The summed E-state index contributed by atoms with van der Waals surface area (Å²) in [6.07, 6.45) is 52.6. The SMILES string of the molecule is CC/C=C/C=C/C=C/C=C/CCCCCCCC(=O)OC[C@H](COP(=O)(O)OCCN)OC(=O)CCCCC/C=C/C/C=C/C/C=C/C/C=C/C/C=C/CC. The van der Waals surface area contributed by atoms with Gasteiger partial charge in [-0.15, -0.1) is 0 Å². The highest BCUT2D eigenvalue weighted by molar-refractivity contribution is 7.47. The van der Waals surface area contributed by atoms with E-state index in [1.165, 1.54) is 0 Å². The van der Waals surface area contributed by atoms with Crippen LogP contribution in [-0.4, -0.2) is 49.3 Å². The summed E-state index contributed by atoms with van der Waals surface area (Å²) in [5.41, 5.74) is 5.34. The molecule has 0 aliphatic carbocycles. The summed E-state index contributed by atoms with van der Waals surface area (Å²) < 4.78 is 32.7. The van der Waals surface area contributed by atoms with E-state index in [-0.39, 0.29) is 32.6 Å². The Morgan fingerprint density at radius 1 is 0.564 bits per heavy atom. The maximum absolute atomic E-state index is 12.6. The number of allylic oxidation sites excluding steroid dienone is 18. The summed E-state index contributed by atoms with van der Waals surface area (Å²) in [4.78, 5) is 34.8. The van der Waals surface area contributed by atoms with Gasteiger partial charge in [-0.2, -0.15) is 0 Å². The molecule has 0 saturated heterocycles. The van der Waals surface area contributed by atoms with Crippen LogP contribution in [0.1, 0.15) is 129 Å². The highest BCUT2D eigenvalue weighted by Gasteiger charge is 2.25. The molecule has 55 heavy (non-hydrogen) atoms. The second-order valence-electron chi connectivity index (χ2n) is 12.8. The third-order valence-electron chi connectivity index (χ3n) is 7.75. The predicted octanol–water partition coefficient (Wildman–Crippen LogP) is 11.6. The molecule has 0 saturated carbocycles. The number of unbranched alkanes of at least 4 members (excludes halogenated alkanes) is 8. The van der Waals surface area contributed by atoms with E-state index in [1.807, 2.05) is 30.4 Å². The van der Waals surface area contributed by atoms with Crippen LogP contribution in [0.5, 0.6) is 0 Å². The van der Waals surface area contributed by atoms with Crippen molar-refractivity contribution in [3.05, 3.63) is 109 Å². The van der Waals surface area contributed by atoms with E-state index in [0.29, 0.717) is 12.8 Å². The molecule has 9 nitrogen and oxygen atoms in total. The lowest BCUT2D eigenvalue weighted by Gasteiger charge is -2.19. The summed E-state index contributed by atoms with van der Waals surface area (Å²) in [5.74, 6) is -0.908. The third kappa shape index (κ3) is 40.2. The van der Waals surface area contributed by atoms with Crippen LogP contribution in [0.4, 0.5) is 0 Å². The highest BCUT2D eigenvalue weighted by atomic mass is 31.2. The van der Waals surface area contributed by atoms with Crippen molar-refractivity contribution in [2.24, 2.45) is 5.73 Å². The fourth-order valence-electron chi connectivity index (χ4n) is 4.79. The molecule has 0 aliphatic rings. The van der Waals surface area contributed by atoms with Gasteiger partial charge in [-0.3, -0.25) is 18.6 Å². The lowest BCUT2D eigenvalue weighted by Crippen LogP contribution is -2.29. The van der Waals surface area contributed by atoms with Crippen LogP contribution in [0.25, 0.3) is 0 Å². The van der Waals surface area contributed by atoms with Gasteiger partial charge in [0.05, 0.1) is 13.2 Å². The second kappa shape index (κ2) is 40.3. The maximum atomic E-state index is 12.6. The van der Waals surface area contributed by atoms with E-state index in [2.05, 4.69) is 92.8 Å². The van der Waals surface area contributed by atoms with Gasteiger partial charge in [0.25, 0.3) is 0 Å². The maximum Gasteiger partial charge on any atom is 0.472 e. The highest BCUT2D eigenvalue weighted by Crippen LogP contribution is 2.43. The number of phosphoric ester groups is 1. The standard InChI is InChI=1S/C45H72NO8P/c1-3-5-7-9-11-13-15-17-19-20-21-22-24-26-28-30-32-34-36-38-45(48)54-43(42-53-55(49,50)52-40-39-46)41-51-44(47)37-35-33-31-29-27-25-23-18-16-14-12-10-8-6-4-2/h5-8,10-14,16-19,21-23,26,28,43H,3-4,9,15,20,24-25,27,29-42,46H2,1-2H3,(H,49,50)/b7-5+,8-6+,12-10+,13-11+,16-14+,19-17+,22-21+,23-18+,28-26+/t43-/m1/s1. The number of hydrogen-bond acceptors (Lipinski definition) is 8. The van der Waals surface area contributed by atoms with Gasteiger partial charge in [0.15, 0.2) is 6.10 Å². The molecule has 310 valence electrons. The fraction of sp³-hybridized carbons (Fsp3) is 0.556. The molecule has 0 amide bonds. The molecule has 0 heterocycles. The van der Waals surface area contributed by atoms with Crippen molar-refractivity contribution < 1.29 is 37.6 Å². The number of hydrogen-bond donors (Lipinski definition) is 2. The Labute approximate surface area is 333 Å². The van der Waals surface area contributed by atoms with E-state index >= 15 is 0 Å². The quantitative estimate of drug-likeness (QED) is 0.0209. The van der Waals surface area contributed by atoms with Crippen molar-refractivity contribution in [2.75, 3.05) is 26.4 Å². The van der Waals surface area contributed by atoms with Crippen LogP contribution >= 0.6 is 7.82 Å². The minimum absolute atomic E-state index is 0.0370. The number of esters is 2. The zero-order valence-corrected chi connectivity index (χ0v) is 34.7. The van der Waals surface area contributed by atoms with Crippen molar-refractivity contribution in [1.82, 2.24) is 0 Å². The smallest absolute Gasteiger partial charge is 0.462 e. The van der Waals surface area contributed by atoms with Crippen molar-refractivity contribution in [3.8, 4) is 0 Å². The lowest BCUT2D eigenvalue weighted by atomic mass is 10.1. The molecular weight excluding hydrogens is 713 g/mol. The van der Waals surface area contributed by atoms with E-state index in [9.17, 15) is 19.0 Å². The topological polar surface area (TPSA) is 134 Å². The number of carbonyl (C=O) groups is 2. The minimum atomic E-state index is -4.40. The molecule has 10 heteroatoms. The Morgan fingerprint density at radius 2 is 1.04 bits per heavy atom. The normalized spacial score (nSPS) is 14.5. The van der Waals surface area contributed by atoms with Crippen LogP contribution in [0.2, 0.25) is 0 Å². The molecule has 0 fully saturated rings. The van der Waals surface area contributed by atoms with Gasteiger partial charge in [0.1, 0.15) is 6.61 Å². The molecule has 2 atom stereocenters. The van der Waals surface area contributed by atoms with Gasteiger partial charge in [0.2, 0.25) is 0 Å². The molecular formula is C45H72NO8P. The molecule has 0 aromatic rings. The average molecular weight is 786 g/mol. The summed E-state index contributed by atoms with van der Waals surface area (Å²) in [6.45, 7) is 3.37. The monoisotopic (exact) mass is 785 g/mol. The first-order chi connectivity index (χ1) is 26.8. The second-order valence-corrected chi connectivity index (χ2v) is 14.3. The Kier molecular flexibility index (Phi) is 37.9. The molecule has 0 bridgehead atoms. The van der Waals surface area contributed by atoms with Crippen LogP contribution in [0.3, 0.4) is 0 Å². The van der Waals surface area contributed by atoms with Gasteiger partial charge in [0, 0.05) is 19.4 Å². The fourth-order valence-corrected chi connectivity index (χ4v) is 5.55. The number of rotatable bonds is 36. The summed E-state index contributed by atoms with van der Waals surface area (Å²) in [6, 6.07) is 0. The first-order valence-corrected chi connectivity index (χ1v) is 21.9. The first-order valence-electron chi connectivity index (χ1n) is 20.4. The zero-order valence-electron chi connectivity index (χ0n) is 33.9. The van der Waals surface area contributed by atoms with Gasteiger partial charge in [-0.25, -0.2) is 4.57 Å². The largest absolute Gasteiger partial charge is 0.472 e. The minimum Gasteiger partial charge on any atom is -0.462 e. The third-order valence-corrected chi connectivity index (χ3v) is 8.73. The molecule has 0 aliphatic heterocycles. The van der Waals surface area contributed by atoms with E-state index in [4.69, 9.17) is 24.3 Å². The summed E-state index contributed by atoms with van der Waals surface area (Å²) in [7, 11) is -4.40. The van der Waals surface area contributed by atoms with Crippen molar-refractivity contribution in [3.63, 3.8) is 0 Å². The van der Waals surface area contributed by atoms with Crippen molar-refractivity contribution in [2.45, 2.75) is 136 Å². The van der Waals surface area contributed by atoms with Crippen molar-refractivity contribution in [1.29, 1.82) is 0 Å². The van der Waals surface area contributed by atoms with Gasteiger partial charge < -0.3 is 20.1 Å². The number of ether oxygens (including phenoxy) is 2. The zero-order chi connectivity index (χ0) is 40.3. The molecule has 1 unspecified atom stereocenters. The molecule has 0 spiro atoms. The van der Waals surface area contributed by atoms with E-state index < -0.39 is 32.5 Å². The van der Waals surface area contributed by atoms with Crippen LogP contribution < -0.4 is 5.73 Å². The Bertz CT molecular complexity index is 1260. The van der Waals surface area contributed by atoms with Gasteiger partial charge in [-0.1, -0.05) is 149 Å².